The molecular formula is C15H16ClNO4. The van der Waals surface area contributed by atoms with Gasteiger partial charge in [0.05, 0.1) is 11.6 Å². The van der Waals surface area contributed by atoms with Crippen molar-refractivity contribution in [1.29, 1.82) is 0 Å². The van der Waals surface area contributed by atoms with Crippen LogP contribution in [-0.4, -0.2) is 41.1 Å². The lowest BCUT2D eigenvalue weighted by Gasteiger charge is -2.21. The highest BCUT2D eigenvalue weighted by molar-refractivity contribution is 6.32. The first-order chi connectivity index (χ1) is 10.0. The average molecular weight is 310 g/mol. The lowest BCUT2D eigenvalue weighted by Crippen LogP contribution is -2.40. The number of likely N-dealkylation sites (tertiary alicyclic amines) is 1. The maximum absolute atomic E-state index is 12.3. The van der Waals surface area contributed by atoms with Gasteiger partial charge in [-0.2, -0.15) is 0 Å². The molecule has 1 N–H and O–H groups in total. The van der Waals surface area contributed by atoms with Crippen molar-refractivity contribution in [1.82, 2.24) is 4.90 Å². The van der Waals surface area contributed by atoms with Gasteiger partial charge in [-0.1, -0.05) is 23.7 Å². The Bertz CT molecular complexity index is 585. The van der Waals surface area contributed by atoms with Crippen LogP contribution in [-0.2, 0) is 9.59 Å². The number of hydrogen-bond donors (Lipinski definition) is 1. The van der Waals surface area contributed by atoms with E-state index >= 15 is 0 Å². The normalized spacial score (nSPS) is 22.9. The van der Waals surface area contributed by atoms with Crippen LogP contribution < -0.4 is 4.74 Å². The number of para-hydroxylation sites is 1. The van der Waals surface area contributed by atoms with Crippen LogP contribution in [0.5, 0.6) is 5.75 Å². The molecule has 1 aliphatic heterocycles. The summed E-state index contributed by atoms with van der Waals surface area (Å²) < 4.78 is 5.81. The van der Waals surface area contributed by atoms with Crippen LogP contribution >= 0.6 is 11.6 Å². The third kappa shape index (κ3) is 2.58. The maximum atomic E-state index is 12.3. The van der Waals surface area contributed by atoms with Crippen molar-refractivity contribution >= 4 is 23.5 Å². The predicted octanol–water partition coefficient (Wildman–Crippen LogP) is 2.18. The Kier molecular flexibility index (Phi) is 3.53. The van der Waals surface area contributed by atoms with Crippen molar-refractivity contribution in [2.45, 2.75) is 25.4 Å². The first kappa shape index (κ1) is 14.2. The third-order valence-corrected chi connectivity index (χ3v) is 4.44. The van der Waals surface area contributed by atoms with Gasteiger partial charge in [-0.25, -0.2) is 0 Å². The first-order valence-electron chi connectivity index (χ1n) is 6.97. The van der Waals surface area contributed by atoms with E-state index in [4.69, 9.17) is 16.3 Å². The number of benzene rings is 1. The number of halogens is 1. The van der Waals surface area contributed by atoms with Crippen molar-refractivity contribution in [2.75, 3.05) is 13.1 Å². The Morgan fingerprint density at radius 2 is 2.05 bits per heavy atom. The highest BCUT2D eigenvalue weighted by atomic mass is 35.5. The molecule has 0 bridgehead atoms. The summed E-state index contributed by atoms with van der Waals surface area (Å²) in [5.41, 5.74) is -1.17. The van der Waals surface area contributed by atoms with E-state index in [1.165, 1.54) is 0 Å². The van der Waals surface area contributed by atoms with Crippen LogP contribution in [0, 0.1) is 5.41 Å². The summed E-state index contributed by atoms with van der Waals surface area (Å²) in [5, 5.41) is 9.71. The molecule has 3 rings (SSSR count). The Morgan fingerprint density at radius 3 is 2.67 bits per heavy atom. The average Bonchev–Trinajstić information content (AvgIpc) is 3.15. The van der Waals surface area contributed by atoms with Gasteiger partial charge in [-0.3, -0.25) is 9.59 Å². The number of carboxylic acids is 1. The molecule has 1 heterocycles. The number of amides is 1. The van der Waals surface area contributed by atoms with Gasteiger partial charge in [-0.15, -0.1) is 0 Å². The zero-order chi connectivity index (χ0) is 15.0. The summed E-state index contributed by atoms with van der Waals surface area (Å²) in [7, 11) is 0. The second-order valence-electron chi connectivity index (χ2n) is 5.60. The summed E-state index contributed by atoms with van der Waals surface area (Å²) in [6.07, 6.45) is 1.42. The van der Waals surface area contributed by atoms with Crippen molar-refractivity contribution in [3.05, 3.63) is 29.3 Å². The molecule has 1 aromatic rings. The molecule has 1 saturated carbocycles. The maximum Gasteiger partial charge on any atom is 0.319 e. The SMILES string of the molecule is O=C(O)C1(C(=O)N2CC[C@H](Oc3ccccc3Cl)C2)CC1. The topological polar surface area (TPSA) is 66.8 Å². The van der Waals surface area contributed by atoms with E-state index in [-0.39, 0.29) is 12.0 Å². The van der Waals surface area contributed by atoms with E-state index in [1.807, 2.05) is 12.1 Å². The second kappa shape index (κ2) is 5.22. The minimum absolute atomic E-state index is 0.140. The quantitative estimate of drug-likeness (QED) is 0.866. The molecule has 0 spiro atoms. The highest BCUT2D eigenvalue weighted by Gasteiger charge is 2.59. The van der Waals surface area contributed by atoms with Gasteiger partial charge in [0.1, 0.15) is 17.3 Å². The molecule has 0 radical (unpaired) electrons. The molecule has 2 aliphatic rings. The van der Waals surface area contributed by atoms with Crippen molar-refractivity contribution < 1.29 is 19.4 Å². The van der Waals surface area contributed by atoms with Gasteiger partial charge >= 0.3 is 5.97 Å². The van der Waals surface area contributed by atoms with Gasteiger partial charge in [-0.05, 0) is 25.0 Å². The molecular weight excluding hydrogens is 294 g/mol. The Balaban J connectivity index is 1.63. The van der Waals surface area contributed by atoms with Gasteiger partial charge in [0.25, 0.3) is 0 Å². The van der Waals surface area contributed by atoms with E-state index in [0.29, 0.717) is 43.1 Å². The zero-order valence-electron chi connectivity index (χ0n) is 11.4. The number of hydrogen-bond acceptors (Lipinski definition) is 3. The number of rotatable bonds is 4. The Morgan fingerprint density at radius 1 is 1.33 bits per heavy atom. The molecule has 5 nitrogen and oxygen atoms in total. The van der Waals surface area contributed by atoms with Crippen LogP contribution in [0.25, 0.3) is 0 Å². The van der Waals surface area contributed by atoms with Gasteiger partial charge in [0.2, 0.25) is 5.91 Å². The summed E-state index contributed by atoms with van der Waals surface area (Å²) in [5.74, 6) is -0.693. The zero-order valence-corrected chi connectivity index (χ0v) is 12.2. The third-order valence-electron chi connectivity index (χ3n) is 4.13. The summed E-state index contributed by atoms with van der Waals surface area (Å²) in [4.78, 5) is 25.1. The highest BCUT2D eigenvalue weighted by Crippen LogP contribution is 2.48. The van der Waals surface area contributed by atoms with Crippen molar-refractivity contribution in [2.24, 2.45) is 5.41 Å². The molecule has 6 heteroatoms. The fourth-order valence-electron chi connectivity index (χ4n) is 2.68. The van der Waals surface area contributed by atoms with E-state index in [1.54, 1.807) is 17.0 Å². The van der Waals surface area contributed by atoms with Gasteiger partial charge in [0.15, 0.2) is 0 Å². The number of ether oxygens (including phenoxy) is 1. The van der Waals surface area contributed by atoms with Crippen LogP contribution in [0.15, 0.2) is 24.3 Å². The number of carbonyl (C=O) groups excluding carboxylic acids is 1. The fraction of sp³-hybridized carbons (Fsp3) is 0.467. The van der Waals surface area contributed by atoms with E-state index < -0.39 is 11.4 Å². The Hall–Kier alpha value is -1.75. The molecule has 21 heavy (non-hydrogen) atoms. The lowest BCUT2D eigenvalue weighted by molar-refractivity contribution is -0.153. The molecule has 0 unspecified atom stereocenters. The van der Waals surface area contributed by atoms with Gasteiger partial charge < -0.3 is 14.7 Å². The van der Waals surface area contributed by atoms with Gasteiger partial charge in [0, 0.05) is 13.0 Å². The predicted molar refractivity (Wildman–Crippen MR) is 76.4 cm³/mol. The molecule has 1 atom stereocenters. The molecule has 0 aromatic heterocycles. The molecule has 1 amide bonds. The summed E-state index contributed by atoms with van der Waals surface area (Å²) >= 11 is 6.04. The fourth-order valence-corrected chi connectivity index (χ4v) is 2.86. The summed E-state index contributed by atoms with van der Waals surface area (Å²) in [6, 6.07) is 7.19. The molecule has 112 valence electrons. The molecule has 1 aliphatic carbocycles. The largest absolute Gasteiger partial charge is 0.487 e. The van der Waals surface area contributed by atoms with E-state index in [2.05, 4.69) is 0 Å². The number of nitrogens with zero attached hydrogens (tertiary/aromatic N) is 1. The smallest absolute Gasteiger partial charge is 0.319 e. The van der Waals surface area contributed by atoms with E-state index in [0.717, 1.165) is 0 Å². The monoisotopic (exact) mass is 309 g/mol. The summed E-state index contributed by atoms with van der Waals surface area (Å²) in [6.45, 7) is 0.946. The van der Waals surface area contributed by atoms with Crippen LogP contribution in [0.1, 0.15) is 19.3 Å². The van der Waals surface area contributed by atoms with E-state index in [9.17, 15) is 14.7 Å². The standard InChI is InChI=1S/C15H16ClNO4/c16-11-3-1-2-4-12(11)21-10-5-8-17(9-10)13(18)15(6-7-15)14(19)20/h1-4,10H,5-9H2,(H,19,20)/t10-/m0/s1. The number of aliphatic carboxylic acids is 1. The van der Waals surface area contributed by atoms with Crippen LogP contribution in [0.2, 0.25) is 5.02 Å². The first-order valence-corrected chi connectivity index (χ1v) is 7.35. The number of carbonyl (C=O) groups is 2. The van der Waals surface area contributed by atoms with Crippen molar-refractivity contribution in [3.63, 3.8) is 0 Å². The second-order valence-corrected chi connectivity index (χ2v) is 6.00. The van der Waals surface area contributed by atoms with Crippen LogP contribution in [0.4, 0.5) is 0 Å². The molecule has 1 aromatic carbocycles. The number of carboxylic acid groups (broad SMARTS) is 1. The Labute approximate surface area is 127 Å². The van der Waals surface area contributed by atoms with Crippen molar-refractivity contribution in [3.8, 4) is 5.75 Å². The lowest BCUT2D eigenvalue weighted by atomic mass is 10.1. The van der Waals surface area contributed by atoms with Crippen LogP contribution in [0.3, 0.4) is 0 Å². The molecule has 1 saturated heterocycles. The minimum Gasteiger partial charge on any atom is -0.487 e. The minimum atomic E-state index is -1.17. The molecule has 2 fully saturated rings.